The summed E-state index contributed by atoms with van der Waals surface area (Å²) in [5.74, 6) is 0.0334. The molecule has 1 atom stereocenters. The first kappa shape index (κ1) is 10.8. The number of carboxylic acids is 1. The van der Waals surface area contributed by atoms with Crippen molar-refractivity contribution in [1.82, 2.24) is 0 Å². The van der Waals surface area contributed by atoms with Crippen molar-refractivity contribution in [3.05, 3.63) is 24.2 Å². The van der Waals surface area contributed by atoms with Crippen molar-refractivity contribution < 1.29 is 14.3 Å². The number of aryl methyl sites for hydroxylation is 1. The second-order valence-electron chi connectivity index (χ2n) is 3.81. The molecule has 0 aromatic carbocycles. The Hall–Kier alpha value is -1.25. The topological polar surface area (TPSA) is 50.4 Å². The predicted octanol–water partition coefficient (Wildman–Crippen LogP) is 2.57. The number of furan rings is 1. The maximum Gasteiger partial charge on any atom is 0.306 e. The van der Waals surface area contributed by atoms with Crippen LogP contribution in [-0.2, 0) is 11.2 Å². The van der Waals surface area contributed by atoms with Crippen molar-refractivity contribution in [2.45, 2.75) is 26.7 Å². The molecule has 0 radical (unpaired) electrons. The summed E-state index contributed by atoms with van der Waals surface area (Å²) in [5.41, 5.74) is 0. The van der Waals surface area contributed by atoms with E-state index >= 15 is 0 Å². The second kappa shape index (κ2) is 4.84. The third-order valence-electron chi connectivity index (χ3n) is 2.40. The number of carboxylic acid groups (broad SMARTS) is 1. The van der Waals surface area contributed by atoms with Gasteiger partial charge in [0.2, 0.25) is 0 Å². The van der Waals surface area contributed by atoms with Gasteiger partial charge in [0.15, 0.2) is 0 Å². The van der Waals surface area contributed by atoms with Crippen molar-refractivity contribution in [1.29, 1.82) is 0 Å². The van der Waals surface area contributed by atoms with Crippen molar-refractivity contribution in [2.75, 3.05) is 0 Å². The largest absolute Gasteiger partial charge is 0.481 e. The van der Waals surface area contributed by atoms with E-state index in [2.05, 4.69) is 0 Å². The molecular weight excluding hydrogens is 180 g/mol. The van der Waals surface area contributed by atoms with Crippen molar-refractivity contribution in [3.63, 3.8) is 0 Å². The van der Waals surface area contributed by atoms with Crippen molar-refractivity contribution >= 4 is 5.97 Å². The van der Waals surface area contributed by atoms with Gasteiger partial charge in [0.1, 0.15) is 5.76 Å². The molecule has 1 heterocycles. The minimum Gasteiger partial charge on any atom is -0.481 e. The van der Waals surface area contributed by atoms with Crippen LogP contribution >= 0.6 is 0 Å². The number of hydrogen-bond acceptors (Lipinski definition) is 2. The zero-order valence-corrected chi connectivity index (χ0v) is 8.56. The average molecular weight is 196 g/mol. The van der Waals surface area contributed by atoms with Gasteiger partial charge in [-0.1, -0.05) is 13.8 Å². The van der Waals surface area contributed by atoms with E-state index < -0.39 is 5.97 Å². The first-order valence-electron chi connectivity index (χ1n) is 4.86. The molecule has 0 amide bonds. The first-order chi connectivity index (χ1) is 6.61. The van der Waals surface area contributed by atoms with Gasteiger partial charge in [-0.2, -0.15) is 0 Å². The molecule has 3 heteroatoms. The standard InChI is InChI=1S/C11H16O3/c1-8(2)10(11(12)13)6-5-9-4-3-7-14-9/h3-4,7-8,10H,5-6H2,1-2H3,(H,12,13)/t10-/m1/s1. The fourth-order valence-corrected chi connectivity index (χ4v) is 1.49. The van der Waals surface area contributed by atoms with Crippen LogP contribution in [0.5, 0.6) is 0 Å². The molecule has 1 aromatic rings. The fraction of sp³-hybridized carbons (Fsp3) is 0.545. The highest BCUT2D eigenvalue weighted by molar-refractivity contribution is 5.70. The van der Waals surface area contributed by atoms with Crippen LogP contribution < -0.4 is 0 Å². The maximum absolute atomic E-state index is 10.9. The van der Waals surface area contributed by atoms with E-state index in [0.717, 1.165) is 5.76 Å². The van der Waals surface area contributed by atoms with E-state index in [0.29, 0.717) is 12.8 Å². The van der Waals surface area contributed by atoms with Crippen molar-refractivity contribution in [3.8, 4) is 0 Å². The molecule has 1 rings (SSSR count). The van der Waals surface area contributed by atoms with Gasteiger partial charge in [-0.25, -0.2) is 0 Å². The molecular formula is C11H16O3. The van der Waals surface area contributed by atoms with Crippen LogP contribution in [0.2, 0.25) is 0 Å². The SMILES string of the molecule is CC(C)[C@@H](CCc1ccco1)C(=O)O. The van der Waals surface area contributed by atoms with Crippen LogP contribution in [0.15, 0.2) is 22.8 Å². The van der Waals surface area contributed by atoms with Gasteiger partial charge in [0, 0.05) is 6.42 Å². The molecule has 78 valence electrons. The summed E-state index contributed by atoms with van der Waals surface area (Å²) in [6.07, 6.45) is 2.95. The third kappa shape index (κ3) is 2.91. The Bertz CT molecular complexity index is 275. The van der Waals surface area contributed by atoms with Gasteiger partial charge in [0.05, 0.1) is 12.2 Å². The summed E-state index contributed by atoms with van der Waals surface area (Å²) >= 11 is 0. The number of rotatable bonds is 5. The normalized spacial score (nSPS) is 13.1. The molecule has 0 fully saturated rings. The number of carbonyl (C=O) groups is 1. The summed E-state index contributed by atoms with van der Waals surface area (Å²) in [6.45, 7) is 3.86. The number of aliphatic carboxylic acids is 1. The Morgan fingerprint density at radius 3 is 2.71 bits per heavy atom. The molecule has 0 saturated heterocycles. The number of hydrogen-bond donors (Lipinski definition) is 1. The van der Waals surface area contributed by atoms with Crippen LogP contribution in [0.3, 0.4) is 0 Å². The summed E-state index contributed by atoms with van der Waals surface area (Å²) in [6, 6.07) is 3.69. The fourth-order valence-electron chi connectivity index (χ4n) is 1.49. The molecule has 0 bridgehead atoms. The van der Waals surface area contributed by atoms with E-state index in [-0.39, 0.29) is 11.8 Å². The highest BCUT2D eigenvalue weighted by Gasteiger charge is 2.21. The Labute approximate surface area is 83.7 Å². The lowest BCUT2D eigenvalue weighted by Gasteiger charge is -2.14. The minimum absolute atomic E-state index is 0.169. The van der Waals surface area contributed by atoms with E-state index in [4.69, 9.17) is 9.52 Å². The smallest absolute Gasteiger partial charge is 0.306 e. The lowest BCUT2D eigenvalue weighted by molar-refractivity contribution is -0.143. The van der Waals surface area contributed by atoms with Crippen LogP contribution in [0.25, 0.3) is 0 Å². The third-order valence-corrected chi connectivity index (χ3v) is 2.40. The molecule has 1 aromatic heterocycles. The quantitative estimate of drug-likeness (QED) is 0.787. The van der Waals surface area contributed by atoms with Gasteiger partial charge in [-0.3, -0.25) is 4.79 Å². The summed E-state index contributed by atoms with van der Waals surface area (Å²) in [5, 5.41) is 8.94. The zero-order valence-electron chi connectivity index (χ0n) is 8.56. The van der Waals surface area contributed by atoms with Crippen LogP contribution in [0, 0.1) is 11.8 Å². The highest BCUT2D eigenvalue weighted by Crippen LogP contribution is 2.18. The van der Waals surface area contributed by atoms with Gasteiger partial charge in [-0.15, -0.1) is 0 Å². The van der Waals surface area contributed by atoms with Crippen LogP contribution in [-0.4, -0.2) is 11.1 Å². The molecule has 0 spiro atoms. The Balaban J connectivity index is 2.45. The lowest BCUT2D eigenvalue weighted by Crippen LogP contribution is -2.20. The summed E-state index contributed by atoms with van der Waals surface area (Å²) < 4.78 is 5.15. The predicted molar refractivity (Wildman–Crippen MR) is 53.0 cm³/mol. The molecule has 14 heavy (non-hydrogen) atoms. The molecule has 1 N–H and O–H groups in total. The van der Waals surface area contributed by atoms with Crippen molar-refractivity contribution in [2.24, 2.45) is 11.8 Å². The zero-order chi connectivity index (χ0) is 10.6. The highest BCUT2D eigenvalue weighted by atomic mass is 16.4. The van der Waals surface area contributed by atoms with E-state index in [1.165, 1.54) is 0 Å². The van der Waals surface area contributed by atoms with Crippen LogP contribution in [0.1, 0.15) is 26.0 Å². The second-order valence-corrected chi connectivity index (χ2v) is 3.81. The summed E-state index contributed by atoms with van der Waals surface area (Å²) in [7, 11) is 0. The Kier molecular flexibility index (Phi) is 3.74. The van der Waals surface area contributed by atoms with E-state index in [1.54, 1.807) is 6.26 Å². The molecule has 0 aliphatic carbocycles. The monoisotopic (exact) mass is 196 g/mol. The van der Waals surface area contributed by atoms with Gasteiger partial charge >= 0.3 is 5.97 Å². The Morgan fingerprint density at radius 1 is 1.57 bits per heavy atom. The first-order valence-corrected chi connectivity index (χ1v) is 4.86. The molecule has 0 saturated carbocycles. The maximum atomic E-state index is 10.9. The van der Waals surface area contributed by atoms with Gasteiger partial charge < -0.3 is 9.52 Å². The van der Waals surface area contributed by atoms with Gasteiger partial charge in [-0.05, 0) is 24.5 Å². The van der Waals surface area contributed by atoms with Crippen LogP contribution in [0.4, 0.5) is 0 Å². The van der Waals surface area contributed by atoms with E-state index in [9.17, 15) is 4.79 Å². The molecule has 0 unspecified atom stereocenters. The molecule has 0 aliphatic rings. The lowest BCUT2D eigenvalue weighted by atomic mass is 9.91. The minimum atomic E-state index is -0.716. The van der Waals surface area contributed by atoms with E-state index in [1.807, 2.05) is 26.0 Å². The van der Waals surface area contributed by atoms with Gasteiger partial charge in [0.25, 0.3) is 0 Å². The molecule has 0 aliphatic heterocycles. The Morgan fingerprint density at radius 2 is 2.29 bits per heavy atom. The molecule has 3 nitrogen and oxygen atoms in total. The average Bonchev–Trinajstić information content (AvgIpc) is 2.55. The summed E-state index contributed by atoms with van der Waals surface area (Å²) in [4.78, 5) is 10.9.